The summed E-state index contributed by atoms with van der Waals surface area (Å²) in [6.07, 6.45) is -1.63. The fourth-order valence-electron chi connectivity index (χ4n) is 3.29. The van der Waals surface area contributed by atoms with Gasteiger partial charge in [0.05, 0.1) is 12.1 Å². The Kier molecular flexibility index (Phi) is 12.5. The molecular formula is C24H36N4O8. The van der Waals surface area contributed by atoms with E-state index in [4.69, 9.17) is 10.8 Å². The van der Waals surface area contributed by atoms with Crippen LogP contribution in [0.5, 0.6) is 0 Å². The molecule has 1 rings (SSSR count). The van der Waals surface area contributed by atoms with Crippen LogP contribution in [0.4, 0.5) is 0 Å². The van der Waals surface area contributed by atoms with Gasteiger partial charge in [-0.15, -0.1) is 0 Å². The molecule has 0 saturated heterocycles. The highest BCUT2D eigenvalue weighted by Gasteiger charge is 2.33. The first-order valence-corrected chi connectivity index (χ1v) is 11.7. The molecule has 1 aromatic carbocycles. The number of hydrogen-bond acceptors (Lipinski definition) is 7. The number of carboxylic acid groups (broad SMARTS) is 2. The number of aliphatic carboxylic acids is 2. The molecule has 0 saturated carbocycles. The summed E-state index contributed by atoms with van der Waals surface area (Å²) in [6.45, 7) is 4.90. The molecule has 12 nitrogen and oxygen atoms in total. The monoisotopic (exact) mass is 508 g/mol. The van der Waals surface area contributed by atoms with E-state index in [1.165, 1.54) is 6.92 Å². The fourth-order valence-corrected chi connectivity index (χ4v) is 3.29. The zero-order chi connectivity index (χ0) is 27.4. The Morgan fingerprint density at radius 2 is 1.47 bits per heavy atom. The number of nitrogens with two attached hydrogens (primary N) is 1. The van der Waals surface area contributed by atoms with Crippen molar-refractivity contribution in [3.8, 4) is 0 Å². The maximum absolute atomic E-state index is 13.1. The molecule has 0 aliphatic carbocycles. The summed E-state index contributed by atoms with van der Waals surface area (Å²) in [4.78, 5) is 60.8. The number of carbonyl (C=O) groups is 5. The van der Waals surface area contributed by atoms with Crippen LogP contribution in [0, 0.1) is 5.92 Å². The van der Waals surface area contributed by atoms with Crippen LogP contribution in [0.3, 0.4) is 0 Å². The predicted octanol–water partition coefficient (Wildman–Crippen LogP) is -0.613. The zero-order valence-electron chi connectivity index (χ0n) is 20.6. The van der Waals surface area contributed by atoms with Crippen molar-refractivity contribution in [3.63, 3.8) is 0 Å². The van der Waals surface area contributed by atoms with Crippen molar-refractivity contribution in [1.29, 1.82) is 0 Å². The zero-order valence-corrected chi connectivity index (χ0v) is 20.6. The highest BCUT2D eigenvalue weighted by Crippen LogP contribution is 2.09. The number of aliphatic hydroxyl groups is 1. The first kappa shape index (κ1) is 30.5. The quantitative estimate of drug-likeness (QED) is 0.161. The maximum Gasteiger partial charge on any atom is 0.326 e. The second-order valence-corrected chi connectivity index (χ2v) is 8.72. The van der Waals surface area contributed by atoms with Crippen LogP contribution in [-0.2, 0) is 30.4 Å². The highest BCUT2D eigenvalue weighted by atomic mass is 16.4. The standard InChI is InChI=1S/C24H36N4O8/c1-4-13(2)19(25)22(33)27-17(12-15-8-6-5-7-9-15)21(32)28-20(14(3)29)23(34)26-16(24(35)36)10-11-18(30)31/h5-9,13-14,16-17,19-20,29H,4,10-12,25H2,1-3H3,(H,26,34)(H,27,33)(H,28,32)(H,30,31)(H,35,36). The van der Waals surface area contributed by atoms with Crippen LogP contribution < -0.4 is 21.7 Å². The summed E-state index contributed by atoms with van der Waals surface area (Å²) in [5, 5.41) is 35.3. The van der Waals surface area contributed by atoms with E-state index >= 15 is 0 Å². The lowest BCUT2D eigenvalue weighted by Crippen LogP contribution is -2.60. The lowest BCUT2D eigenvalue weighted by molar-refractivity contribution is -0.144. The lowest BCUT2D eigenvalue weighted by Gasteiger charge is -2.27. The molecule has 0 aromatic heterocycles. The molecular weight excluding hydrogens is 472 g/mol. The third-order valence-corrected chi connectivity index (χ3v) is 5.80. The molecule has 8 N–H and O–H groups in total. The SMILES string of the molecule is CCC(C)C(N)C(=O)NC(Cc1ccccc1)C(=O)NC(C(=O)NC(CCC(=O)O)C(=O)O)C(C)O. The van der Waals surface area contributed by atoms with Crippen molar-refractivity contribution in [2.24, 2.45) is 11.7 Å². The van der Waals surface area contributed by atoms with Crippen molar-refractivity contribution in [1.82, 2.24) is 16.0 Å². The first-order chi connectivity index (χ1) is 16.9. The van der Waals surface area contributed by atoms with Crippen molar-refractivity contribution < 1.29 is 39.3 Å². The van der Waals surface area contributed by atoms with Gasteiger partial charge >= 0.3 is 11.9 Å². The Hall–Kier alpha value is -3.51. The van der Waals surface area contributed by atoms with Crippen LogP contribution in [0.15, 0.2) is 30.3 Å². The Labute approximate surface area is 209 Å². The van der Waals surface area contributed by atoms with Gasteiger partial charge in [-0.1, -0.05) is 50.6 Å². The van der Waals surface area contributed by atoms with E-state index in [0.29, 0.717) is 12.0 Å². The third-order valence-electron chi connectivity index (χ3n) is 5.80. The lowest BCUT2D eigenvalue weighted by atomic mass is 9.98. The molecule has 0 bridgehead atoms. The van der Waals surface area contributed by atoms with Gasteiger partial charge in [0.2, 0.25) is 17.7 Å². The van der Waals surface area contributed by atoms with Crippen LogP contribution >= 0.6 is 0 Å². The Morgan fingerprint density at radius 3 is 1.97 bits per heavy atom. The van der Waals surface area contributed by atoms with Crippen molar-refractivity contribution in [2.75, 3.05) is 0 Å². The second kappa shape index (κ2) is 14.8. The smallest absolute Gasteiger partial charge is 0.326 e. The van der Waals surface area contributed by atoms with Crippen LogP contribution in [-0.4, -0.2) is 75.3 Å². The van der Waals surface area contributed by atoms with Gasteiger partial charge in [0.15, 0.2) is 0 Å². The molecule has 0 aliphatic rings. The maximum atomic E-state index is 13.1. The van der Waals surface area contributed by atoms with Gasteiger partial charge in [-0.2, -0.15) is 0 Å². The molecule has 0 fully saturated rings. The number of benzene rings is 1. The molecule has 0 heterocycles. The van der Waals surface area contributed by atoms with Gasteiger partial charge in [-0.3, -0.25) is 19.2 Å². The van der Waals surface area contributed by atoms with E-state index in [9.17, 15) is 34.2 Å². The van der Waals surface area contributed by atoms with Gasteiger partial charge in [-0.25, -0.2) is 4.79 Å². The van der Waals surface area contributed by atoms with Gasteiger partial charge in [-0.05, 0) is 24.8 Å². The average Bonchev–Trinajstić information content (AvgIpc) is 2.83. The summed E-state index contributed by atoms with van der Waals surface area (Å²) < 4.78 is 0. The molecule has 6 atom stereocenters. The van der Waals surface area contributed by atoms with Gasteiger partial charge in [0, 0.05) is 12.8 Å². The number of rotatable bonds is 15. The molecule has 3 amide bonds. The van der Waals surface area contributed by atoms with E-state index < -0.39 is 72.8 Å². The predicted molar refractivity (Wildman–Crippen MR) is 130 cm³/mol. The van der Waals surface area contributed by atoms with Gasteiger partial charge in [0.25, 0.3) is 0 Å². The second-order valence-electron chi connectivity index (χ2n) is 8.72. The summed E-state index contributed by atoms with van der Waals surface area (Å²) in [6, 6.07) is 3.67. The minimum absolute atomic E-state index is 0.0656. The van der Waals surface area contributed by atoms with E-state index in [-0.39, 0.29) is 12.3 Å². The van der Waals surface area contributed by atoms with Gasteiger partial charge < -0.3 is 37.0 Å². The van der Waals surface area contributed by atoms with Crippen molar-refractivity contribution in [2.45, 2.75) is 76.7 Å². The highest BCUT2D eigenvalue weighted by molar-refractivity contribution is 5.94. The molecule has 36 heavy (non-hydrogen) atoms. The summed E-state index contributed by atoms with van der Waals surface area (Å²) in [5.41, 5.74) is 6.71. The minimum atomic E-state index is -1.57. The number of carboxylic acids is 2. The Balaban J connectivity index is 3.07. The third kappa shape index (κ3) is 10.0. The number of nitrogens with one attached hydrogen (secondary N) is 3. The molecule has 6 unspecified atom stereocenters. The van der Waals surface area contributed by atoms with Crippen molar-refractivity contribution >= 4 is 29.7 Å². The first-order valence-electron chi connectivity index (χ1n) is 11.7. The summed E-state index contributed by atoms with van der Waals surface area (Å²) >= 11 is 0. The molecule has 0 spiro atoms. The molecule has 0 aliphatic heterocycles. The van der Waals surface area contributed by atoms with Crippen LogP contribution in [0.2, 0.25) is 0 Å². The Bertz CT molecular complexity index is 909. The topological polar surface area (TPSA) is 208 Å². The van der Waals surface area contributed by atoms with Crippen molar-refractivity contribution in [3.05, 3.63) is 35.9 Å². The molecule has 12 heteroatoms. The summed E-state index contributed by atoms with van der Waals surface area (Å²) in [7, 11) is 0. The number of aliphatic hydroxyl groups excluding tert-OH is 1. The largest absolute Gasteiger partial charge is 0.481 e. The number of amides is 3. The molecule has 200 valence electrons. The van der Waals surface area contributed by atoms with Gasteiger partial charge in [0.1, 0.15) is 18.1 Å². The average molecular weight is 509 g/mol. The summed E-state index contributed by atoms with van der Waals surface area (Å²) in [5.74, 6) is -5.22. The molecule has 1 aromatic rings. The molecule has 0 radical (unpaired) electrons. The normalized spacial score (nSPS) is 15.9. The number of hydrogen-bond donors (Lipinski definition) is 7. The number of carbonyl (C=O) groups excluding carboxylic acids is 3. The minimum Gasteiger partial charge on any atom is -0.481 e. The van der Waals surface area contributed by atoms with E-state index in [0.717, 1.165) is 0 Å². The van der Waals surface area contributed by atoms with E-state index in [1.54, 1.807) is 37.3 Å². The van der Waals surface area contributed by atoms with E-state index in [2.05, 4.69) is 16.0 Å². The van der Waals surface area contributed by atoms with E-state index in [1.807, 2.05) is 6.92 Å². The van der Waals surface area contributed by atoms with Crippen LogP contribution in [0.25, 0.3) is 0 Å². The van der Waals surface area contributed by atoms with Crippen LogP contribution in [0.1, 0.15) is 45.6 Å². The fraction of sp³-hybridized carbons (Fsp3) is 0.542. The Morgan fingerprint density at radius 1 is 0.889 bits per heavy atom.